The van der Waals surface area contributed by atoms with E-state index in [9.17, 15) is 0 Å². The van der Waals surface area contributed by atoms with E-state index < -0.39 is 5.41 Å². The number of benzene rings is 6. The first-order valence-electron chi connectivity index (χ1n) is 16.5. The van der Waals surface area contributed by atoms with E-state index in [-0.39, 0.29) is 11.6 Å². The van der Waals surface area contributed by atoms with Gasteiger partial charge in [-0.1, -0.05) is 160 Å². The van der Waals surface area contributed by atoms with Crippen molar-refractivity contribution < 1.29 is 0 Å². The topological polar surface area (TPSA) is 36.8 Å². The van der Waals surface area contributed by atoms with E-state index in [1.165, 1.54) is 50.1 Å². The second kappa shape index (κ2) is 10.2. The Morgan fingerprint density at radius 2 is 1.06 bits per heavy atom. The van der Waals surface area contributed by atoms with E-state index in [1.807, 2.05) is 24.3 Å². The fourth-order valence-corrected chi connectivity index (χ4v) is 7.87. The van der Waals surface area contributed by atoms with E-state index in [4.69, 9.17) is 9.98 Å². The van der Waals surface area contributed by atoms with Crippen molar-refractivity contribution in [1.29, 1.82) is 0 Å². The van der Waals surface area contributed by atoms with Gasteiger partial charge in [0.25, 0.3) is 0 Å². The van der Waals surface area contributed by atoms with E-state index in [0.29, 0.717) is 0 Å². The van der Waals surface area contributed by atoms with Crippen molar-refractivity contribution in [3.63, 3.8) is 0 Å². The molecule has 0 aromatic heterocycles. The van der Waals surface area contributed by atoms with Crippen LogP contribution >= 0.6 is 0 Å². The molecule has 0 radical (unpaired) electrons. The van der Waals surface area contributed by atoms with Gasteiger partial charge in [0.15, 0.2) is 5.84 Å². The van der Waals surface area contributed by atoms with E-state index in [2.05, 4.69) is 147 Å². The number of nitrogens with one attached hydrogen (secondary N) is 1. The molecule has 3 nitrogen and oxygen atoms in total. The van der Waals surface area contributed by atoms with Gasteiger partial charge in [0, 0.05) is 11.1 Å². The molecular weight excluding hydrogens is 571 g/mol. The van der Waals surface area contributed by atoms with Crippen LogP contribution in [0.1, 0.15) is 71.4 Å². The Morgan fingerprint density at radius 3 is 1.70 bits per heavy atom. The van der Waals surface area contributed by atoms with Crippen LogP contribution in [0.4, 0.5) is 0 Å². The Balaban J connectivity index is 1.28. The molecule has 1 unspecified atom stereocenters. The fourth-order valence-electron chi connectivity index (χ4n) is 7.87. The minimum absolute atomic E-state index is 0.0234. The van der Waals surface area contributed by atoms with Crippen LogP contribution in [0.5, 0.6) is 0 Å². The summed E-state index contributed by atoms with van der Waals surface area (Å²) in [5, 5.41) is 3.71. The normalized spacial score (nSPS) is 16.8. The van der Waals surface area contributed by atoms with Crippen LogP contribution in [-0.2, 0) is 10.8 Å². The molecule has 0 amide bonds. The lowest BCUT2D eigenvalue weighted by molar-refractivity contribution is 0.588. The zero-order valence-electron chi connectivity index (χ0n) is 26.8. The zero-order chi connectivity index (χ0) is 31.8. The second-order valence-electron chi connectivity index (χ2n) is 13.8. The van der Waals surface area contributed by atoms with Gasteiger partial charge in [0.2, 0.25) is 0 Å². The first kappa shape index (κ1) is 27.7. The van der Waals surface area contributed by atoms with Gasteiger partial charge in [-0.15, -0.1) is 0 Å². The summed E-state index contributed by atoms with van der Waals surface area (Å²) in [4.78, 5) is 10.3. The van der Waals surface area contributed by atoms with Crippen molar-refractivity contribution in [3.8, 4) is 22.3 Å². The van der Waals surface area contributed by atoms with Crippen molar-refractivity contribution in [2.45, 2.75) is 37.8 Å². The Bertz CT molecular complexity index is 2210. The molecule has 2 aliphatic carbocycles. The summed E-state index contributed by atoms with van der Waals surface area (Å²) < 4.78 is 0. The second-order valence-corrected chi connectivity index (χ2v) is 13.8. The number of hydrogen-bond donors (Lipinski definition) is 1. The molecule has 0 bridgehead atoms. The molecule has 3 aliphatic rings. The number of rotatable bonds is 3. The summed E-state index contributed by atoms with van der Waals surface area (Å²) in [6.07, 6.45) is -0.305. The van der Waals surface area contributed by atoms with Crippen LogP contribution in [0.3, 0.4) is 0 Å². The fraction of sp³-hybridized carbons (Fsp3) is 0.136. The molecule has 226 valence electrons. The molecule has 3 heteroatoms. The maximum Gasteiger partial charge on any atom is 0.159 e. The predicted octanol–water partition coefficient (Wildman–Crippen LogP) is 9.82. The van der Waals surface area contributed by atoms with Gasteiger partial charge >= 0.3 is 0 Å². The van der Waals surface area contributed by atoms with Gasteiger partial charge in [0.1, 0.15) is 12.0 Å². The number of nitrogens with zero attached hydrogens (tertiary/aromatic N) is 2. The molecule has 1 atom stereocenters. The third-order valence-electron chi connectivity index (χ3n) is 10.1. The Labute approximate surface area is 276 Å². The minimum atomic E-state index is -0.424. The molecule has 9 rings (SSSR count). The molecule has 0 saturated carbocycles. The van der Waals surface area contributed by atoms with Crippen LogP contribution in [-0.4, -0.2) is 11.7 Å². The van der Waals surface area contributed by atoms with Crippen LogP contribution in [0.2, 0.25) is 0 Å². The molecular formula is C44H35N3. The Kier molecular flexibility index (Phi) is 6.04. The average molecular weight is 606 g/mol. The van der Waals surface area contributed by atoms with Crippen LogP contribution in [0, 0.1) is 0 Å². The van der Waals surface area contributed by atoms with Crippen LogP contribution in [0.25, 0.3) is 22.3 Å². The summed E-state index contributed by atoms with van der Waals surface area (Å²) in [7, 11) is 0. The molecule has 0 saturated heterocycles. The lowest BCUT2D eigenvalue weighted by atomic mass is 9.69. The predicted molar refractivity (Wildman–Crippen MR) is 193 cm³/mol. The smallest absolute Gasteiger partial charge is 0.159 e. The number of hydrogen-bond acceptors (Lipinski definition) is 3. The molecule has 1 N–H and O–H groups in total. The van der Waals surface area contributed by atoms with Crippen LogP contribution in [0.15, 0.2) is 156 Å². The molecule has 1 heterocycles. The monoisotopic (exact) mass is 605 g/mol. The molecule has 6 aromatic carbocycles. The van der Waals surface area contributed by atoms with Gasteiger partial charge in [0.05, 0.1) is 5.41 Å². The lowest BCUT2D eigenvalue weighted by Crippen LogP contribution is -2.34. The van der Waals surface area contributed by atoms with E-state index in [1.54, 1.807) is 0 Å². The SMILES string of the molecule is CC(C)(C)c1ccc2c(c1)C1(c3ccccc3-c3ccccc31)c1cc(C3N=C(c4ccccc4)N=C(c4ccccc4)N3)ccc1-2. The summed E-state index contributed by atoms with van der Waals surface area (Å²) in [5.74, 6) is 1.56. The first-order valence-corrected chi connectivity index (χ1v) is 16.5. The molecule has 1 spiro atoms. The Hall–Kier alpha value is -5.54. The van der Waals surface area contributed by atoms with Gasteiger partial charge in [-0.3, -0.25) is 0 Å². The largest absolute Gasteiger partial charge is 0.344 e. The number of amidine groups is 2. The highest BCUT2D eigenvalue weighted by molar-refractivity contribution is 6.13. The van der Waals surface area contributed by atoms with Crippen molar-refractivity contribution in [1.82, 2.24) is 5.32 Å². The summed E-state index contributed by atoms with van der Waals surface area (Å²) in [5.41, 5.74) is 14.7. The maximum atomic E-state index is 5.24. The standard InChI is InChI=1S/C44H35N3/c1-43(2,3)31-23-25-35-34-24-22-30(42-46-40(28-14-6-4-7-15-28)45-41(47-42)29-16-8-5-9-17-29)26-38(34)44(39(35)27-31)36-20-12-10-18-32(36)33-19-11-13-21-37(33)44/h4-27,42H,1-3H3,(H,45,46,47). The minimum Gasteiger partial charge on any atom is -0.344 e. The first-order chi connectivity index (χ1) is 22.9. The van der Waals surface area contributed by atoms with Crippen molar-refractivity contribution >= 4 is 11.7 Å². The highest BCUT2D eigenvalue weighted by Gasteiger charge is 2.52. The number of fused-ring (bicyclic) bond motifs is 10. The third kappa shape index (κ3) is 4.12. The summed E-state index contributed by atoms with van der Waals surface area (Å²) >= 11 is 0. The van der Waals surface area contributed by atoms with Crippen molar-refractivity contribution in [2.75, 3.05) is 0 Å². The van der Waals surface area contributed by atoms with Gasteiger partial charge < -0.3 is 5.32 Å². The van der Waals surface area contributed by atoms with Gasteiger partial charge in [-0.05, 0) is 67.1 Å². The zero-order valence-corrected chi connectivity index (χ0v) is 26.8. The summed E-state index contributed by atoms with van der Waals surface area (Å²) in [6, 6.07) is 52.8. The summed E-state index contributed by atoms with van der Waals surface area (Å²) in [6.45, 7) is 6.92. The lowest BCUT2D eigenvalue weighted by Gasteiger charge is -2.32. The average Bonchev–Trinajstić information content (AvgIpc) is 3.58. The quantitative estimate of drug-likeness (QED) is 0.214. The van der Waals surface area contributed by atoms with Crippen molar-refractivity contribution in [2.24, 2.45) is 9.98 Å². The highest BCUT2D eigenvalue weighted by atomic mass is 15.2. The van der Waals surface area contributed by atoms with Gasteiger partial charge in [-0.25, -0.2) is 9.98 Å². The maximum absolute atomic E-state index is 5.24. The van der Waals surface area contributed by atoms with Gasteiger partial charge in [-0.2, -0.15) is 0 Å². The third-order valence-corrected chi connectivity index (χ3v) is 10.1. The molecule has 0 fully saturated rings. The highest BCUT2D eigenvalue weighted by Crippen LogP contribution is 2.63. The molecule has 6 aromatic rings. The number of aliphatic imine (C=N–C) groups is 2. The van der Waals surface area contributed by atoms with E-state index in [0.717, 1.165) is 28.4 Å². The van der Waals surface area contributed by atoms with Crippen molar-refractivity contribution in [3.05, 3.63) is 190 Å². The Morgan fingerprint density at radius 1 is 0.532 bits per heavy atom. The van der Waals surface area contributed by atoms with E-state index >= 15 is 0 Å². The molecule has 47 heavy (non-hydrogen) atoms. The van der Waals surface area contributed by atoms with Crippen LogP contribution < -0.4 is 5.32 Å². The molecule has 1 aliphatic heterocycles.